The van der Waals surface area contributed by atoms with Gasteiger partial charge in [-0.2, -0.15) is 0 Å². The predicted molar refractivity (Wildman–Crippen MR) is 68.9 cm³/mol. The van der Waals surface area contributed by atoms with E-state index in [-0.39, 0.29) is 11.6 Å². The highest BCUT2D eigenvalue weighted by atomic mass is 16.3. The van der Waals surface area contributed by atoms with Gasteiger partial charge in [-0.1, -0.05) is 18.2 Å². The molecule has 3 N–H and O–H groups in total. The zero-order valence-corrected chi connectivity index (χ0v) is 9.72. The topological polar surface area (TPSA) is 81.2 Å². The molecule has 2 rings (SSSR count). The van der Waals surface area contributed by atoms with E-state index in [9.17, 15) is 4.79 Å². The van der Waals surface area contributed by atoms with Crippen LogP contribution >= 0.6 is 0 Å². The SMILES string of the molecule is C=CCNC(=O)c1coc(-c2ccccc2N)n1. The number of amides is 1. The number of hydrogen-bond acceptors (Lipinski definition) is 4. The molecule has 0 bridgehead atoms. The van der Waals surface area contributed by atoms with Crippen molar-refractivity contribution in [1.29, 1.82) is 0 Å². The molecule has 0 fully saturated rings. The zero-order chi connectivity index (χ0) is 13.0. The average Bonchev–Trinajstić information content (AvgIpc) is 2.86. The Bertz CT molecular complexity index is 575. The number of nitrogens with zero attached hydrogens (tertiary/aromatic N) is 1. The van der Waals surface area contributed by atoms with E-state index >= 15 is 0 Å². The maximum absolute atomic E-state index is 11.6. The van der Waals surface area contributed by atoms with Crippen molar-refractivity contribution in [3.63, 3.8) is 0 Å². The summed E-state index contributed by atoms with van der Waals surface area (Å²) >= 11 is 0. The summed E-state index contributed by atoms with van der Waals surface area (Å²) in [6.45, 7) is 3.90. The van der Waals surface area contributed by atoms with E-state index in [1.807, 2.05) is 12.1 Å². The number of nitrogens with two attached hydrogens (primary N) is 1. The molecule has 1 aromatic heterocycles. The molecule has 0 saturated heterocycles. The molecule has 5 heteroatoms. The van der Waals surface area contributed by atoms with Crippen molar-refractivity contribution in [3.05, 3.63) is 48.9 Å². The molecule has 18 heavy (non-hydrogen) atoms. The van der Waals surface area contributed by atoms with Crippen LogP contribution in [0, 0.1) is 0 Å². The molecule has 0 unspecified atom stereocenters. The lowest BCUT2D eigenvalue weighted by Gasteiger charge is -1.99. The van der Waals surface area contributed by atoms with Gasteiger partial charge in [-0.15, -0.1) is 6.58 Å². The summed E-state index contributed by atoms with van der Waals surface area (Å²) in [6, 6.07) is 7.18. The van der Waals surface area contributed by atoms with E-state index in [4.69, 9.17) is 10.2 Å². The second kappa shape index (κ2) is 5.18. The van der Waals surface area contributed by atoms with Crippen molar-refractivity contribution in [2.45, 2.75) is 0 Å². The van der Waals surface area contributed by atoms with Crippen LogP contribution in [0.1, 0.15) is 10.5 Å². The fraction of sp³-hybridized carbons (Fsp3) is 0.0769. The van der Waals surface area contributed by atoms with Gasteiger partial charge in [0.1, 0.15) is 6.26 Å². The lowest BCUT2D eigenvalue weighted by molar-refractivity contribution is 0.0953. The fourth-order valence-electron chi connectivity index (χ4n) is 1.45. The first-order chi connectivity index (χ1) is 8.72. The standard InChI is InChI=1S/C13H13N3O2/c1-2-7-15-12(17)11-8-18-13(16-11)9-5-3-4-6-10(9)14/h2-6,8H,1,7,14H2,(H,15,17). The highest BCUT2D eigenvalue weighted by Gasteiger charge is 2.13. The summed E-state index contributed by atoms with van der Waals surface area (Å²) in [5, 5.41) is 2.62. The van der Waals surface area contributed by atoms with E-state index in [1.54, 1.807) is 18.2 Å². The number of carbonyl (C=O) groups excluding carboxylic acids is 1. The average molecular weight is 243 g/mol. The van der Waals surface area contributed by atoms with E-state index in [1.165, 1.54) is 6.26 Å². The Morgan fingerprint density at radius 2 is 2.28 bits per heavy atom. The number of oxazole rings is 1. The molecule has 0 aliphatic rings. The Kier molecular flexibility index (Phi) is 3.43. The number of nitrogens with one attached hydrogen (secondary N) is 1. The first-order valence-corrected chi connectivity index (χ1v) is 5.42. The molecule has 0 aliphatic heterocycles. The minimum atomic E-state index is -0.306. The first-order valence-electron chi connectivity index (χ1n) is 5.42. The number of benzene rings is 1. The Labute approximate surface area is 104 Å². The largest absolute Gasteiger partial charge is 0.444 e. The lowest BCUT2D eigenvalue weighted by atomic mass is 10.2. The number of hydrogen-bond donors (Lipinski definition) is 2. The predicted octanol–water partition coefficient (Wildman–Crippen LogP) is 1.84. The molecule has 92 valence electrons. The molecule has 2 aromatic rings. The molecule has 0 spiro atoms. The maximum Gasteiger partial charge on any atom is 0.273 e. The quantitative estimate of drug-likeness (QED) is 0.634. The number of nitrogen functional groups attached to an aromatic ring is 1. The maximum atomic E-state index is 11.6. The molecular weight excluding hydrogens is 230 g/mol. The van der Waals surface area contributed by atoms with E-state index in [2.05, 4.69) is 16.9 Å². The van der Waals surface area contributed by atoms with Gasteiger partial charge in [0.05, 0.1) is 5.56 Å². The smallest absolute Gasteiger partial charge is 0.273 e. The minimum absolute atomic E-state index is 0.218. The summed E-state index contributed by atoms with van der Waals surface area (Å²) in [6.07, 6.45) is 2.90. The van der Waals surface area contributed by atoms with E-state index < -0.39 is 0 Å². The highest BCUT2D eigenvalue weighted by molar-refractivity contribution is 5.92. The molecule has 0 saturated carbocycles. The van der Waals surface area contributed by atoms with Gasteiger partial charge in [0.15, 0.2) is 5.69 Å². The van der Waals surface area contributed by atoms with Gasteiger partial charge in [0.25, 0.3) is 5.91 Å². The third kappa shape index (κ3) is 2.40. The van der Waals surface area contributed by atoms with E-state index in [0.29, 0.717) is 23.7 Å². The third-order valence-corrected chi connectivity index (χ3v) is 2.33. The Morgan fingerprint density at radius 1 is 1.50 bits per heavy atom. The normalized spacial score (nSPS) is 10.0. The van der Waals surface area contributed by atoms with Gasteiger partial charge in [-0.05, 0) is 12.1 Å². The van der Waals surface area contributed by atoms with Crippen molar-refractivity contribution in [1.82, 2.24) is 10.3 Å². The Hall–Kier alpha value is -2.56. The summed E-state index contributed by atoms with van der Waals surface area (Å²) < 4.78 is 5.25. The van der Waals surface area contributed by atoms with Gasteiger partial charge in [-0.25, -0.2) is 4.98 Å². The molecule has 1 heterocycles. The van der Waals surface area contributed by atoms with Gasteiger partial charge in [0, 0.05) is 12.2 Å². The van der Waals surface area contributed by atoms with Gasteiger partial charge in [-0.3, -0.25) is 4.79 Å². The highest BCUT2D eigenvalue weighted by Crippen LogP contribution is 2.24. The second-order valence-electron chi connectivity index (χ2n) is 3.62. The van der Waals surface area contributed by atoms with Crippen LogP contribution in [0.5, 0.6) is 0 Å². The van der Waals surface area contributed by atoms with Crippen molar-refractivity contribution < 1.29 is 9.21 Å². The molecule has 0 atom stereocenters. The first kappa shape index (κ1) is 11.9. The monoisotopic (exact) mass is 243 g/mol. The summed E-state index contributed by atoms with van der Waals surface area (Å²) in [4.78, 5) is 15.7. The van der Waals surface area contributed by atoms with Crippen LogP contribution in [0.3, 0.4) is 0 Å². The molecule has 0 radical (unpaired) electrons. The lowest BCUT2D eigenvalue weighted by Crippen LogP contribution is -2.23. The van der Waals surface area contributed by atoms with Crippen LogP contribution in [-0.2, 0) is 0 Å². The third-order valence-electron chi connectivity index (χ3n) is 2.33. The number of carbonyl (C=O) groups is 1. The van der Waals surface area contributed by atoms with Crippen molar-refractivity contribution >= 4 is 11.6 Å². The van der Waals surface area contributed by atoms with E-state index in [0.717, 1.165) is 0 Å². The molecule has 1 aromatic carbocycles. The molecule has 0 aliphatic carbocycles. The second-order valence-corrected chi connectivity index (χ2v) is 3.62. The number of para-hydroxylation sites is 1. The Balaban J connectivity index is 2.23. The van der Waals surface area contributed by atoms with Crippen LogP contribution in [0.25, 0.3) is 11.5 Å². The van der Waals surface area contributed by atoms with Crippen molar-refractivity contribution in [3.8, 4) is 11.5 Å². The fourth-order valence-corrected chi connectivity index (χ4v) is 1.45. The van der Waals surface area contributed by atoms with Gasteiger partial charge < -0.3 is 15.5 Å². The Morgan fingerprint density at radius 3 is 3.00 bits per heavy atom. The molecule has 1 amide bonds. The van der Waals surface area contributed by atoms with Crippen LogP contribution in [0.4, 0.5) is 5.69 Å². The van der Waals surface area contributed by atoms with Crippen LogP contribution in [0.2, 0.25) is 0 Å². The number of rotatable bonds is 4. The molecular formula is C13H13N3O2. The van der Waals surface area contributed by atoms with Crippen LogP contribution in [-0.4, -0.2) is 17.4 Å². The summed E-state index contributed by atoms with van der Waals surface area (Å²) in [7, 11) is 0. The minimum Gasteiger partial charge on any atom is -0.444 e. The summed E-state index contributed by atoms with van der Waals surface area (Å²) in [5.74, 6) is 0.0243. The number of aromatic nitrogens is 1. The van der Waals surface area contributed by atoms with Gasteiger partial charge >= 0.3 is 0 Å². The zero-order valence-electron chi connectivity index (χ0n) is 9.72. The van der Waals surface area contributed by atoms with Crippen LogP contribution < -0.4 is 11.1 Å². The van der Waals surface area contributed by atoms with Crippen molar-refractivity contribution in [2.75, 3.05) is 12.3 Å². The summed E-state index contributed by atoms with van der Waals surface area (Å²) in [5.41, 5.74) is 7.24. The number of anilines is 1. The van der Waals surface area contributed by atoms with Gasteiger partial charge in [0.2, 0.25) is 5.89 Å². The van der Waals surface area contributed by atoms with Crippen molar-refractivity contribution in [2.24, 2.45) is 0 Å². The van der Waals surface area contributed by atoms with Crippen LogP contribution in [0.15, 0.2) is 47.6 Å². The molecule has 5 nitrogen and oxygen atoms in total.